The predicted molar refractivity (Wildman–Crippen MR) is 75.4 cm³/mol. The monoisotopic (exact) mass is 290 g/mol. The molecule has 0 radical (unpaired) electrons. The number of amidine groups is 1. The number of ether oxygens (including phenoxy) is 3. The van der Waals surface area contributed by atoms with Crippen LogP contribution < -0.4 is 10.5 Å². The minimum atomic E-state index is -0.744. The normalized spacial score (nSPS) is 37.2. The molecule has 3 heterocycles. The van der Waals surface area contributed by atoms with Crippen molar-refractivity contribution in [1.82, 2.24) is 0 Å². The van der Waals surface area contributed by atoms with E-state index >= 15 is 0 Å². The van der Waals surface area contributed by atoms with Gasteiger partial charge in [0.25, 0.3) is 6.02 Å². The molecule has 21 heavy (non-hydrogen) atoms. The highest BCUT2D eigenvalue weighted by molar-refractivity contribution is 5.75. The Bertz CT molecular complexity index is 632. The van der Waals surface area contributed by atoms with Crippen LogP contribution in [0.2, 0.25) is 0 Å². The Labute approximate surface area is 122 Å². The molecule has 1 aromatic carbocycles. The van der Waals surface area contributed by atoms with Crippen molar-refractivity contribution in [3.63, 3.8) is 0 Å². The zero-order chi connectivity index (χ0) is 14.7. The number of phenols is 1. The summed E-state index contributed by atoms with van der Waals surface area (Å²) in [5.41, 5.74) is 5.32. The van der Waals surface area contributed by atoms with Crippen molar-refractivity contribution in [2.24, 2.45) is 10.7 Å². The summed E-state index contributed by atoms with van der Waals surface area (Å²) in [7, 11) is 0. The van der Waals surface area contributed by atoms with Crippen LogP contribution in [-0.4, -0.2) is 36.0 Å². The number of nitrogens with two attached hydrogens (primary N) is 1. The lowest BCUT2D eigenvalue weighted by Crippen LogP contribution is -2.62. The summed E-state index contributed by atoms with van der Waals surface area (Å²) in [5, 5.41) is 9.84. The van der Waals surface area contributed by atoms with Crippen LogP contribution in [0.15, 0.2) is 23.2 Å². The Morgan fingerprint density at radius 1 is 1.43 bits per heavy atom. The second-order valence-corrected chi connectivity index (χ2v) is 6.11. The average Bonchev–Trinajstić information content (AvgIpc) is 2.83. The van der Waals surface area contributed by atoms with Crippen LogP contribution in [-0.2, 0) is 15.0 Å². The number of aromatic hydroxyl groups is 1. The summed E-state index contributed by atoms with van der Waals surface area (Å²) in [6.45, 7) is 3.01. The molecule has 0 bridgehead atoms. The molecule has 1 spiro atoms. The summed E-state index contributed by atoms with van der Waals surface area (Å²) in [6, 6.07) is 5.20. The lowest BCUT2D eigenvalue weighted by atomic mass is 9.72. The standard InChI is InChI=1S/C15H18N2O4/c1-14-5-2-6-19-12(14)15(8-20-13(16)17-15)10-7-9(18)3-4-11(10)21-14/h3-4,7,12,18H,2,5-6,8H2,1H3,(H2,16,17). The number of fused-ring (bicyclic) bond motifs is 4. The van der Waals surface area contributed by atoms with Crippen LogP contribution >= 0.6 is 0 Å². The molecule has 0 amide bonds. The van der Waals surface area contributed by atoms with Gasteiger partial charge >= 0.3 is 0 Å². The van der Waals surface area contributed by atoms with Gasteiger partial charge in [-0.3, -0.25) is 0 Å². The topological polar surface area (TPSA) is 86.3 Å². The van der Waals surface area contributed by atoms with E-state index in [0.29, 0.717) is 19.0 Å². The van der Waals surface area contributed by atoms with Gasteiger partial charge in [-0.25, -0.2) is 4.99 Å². The molecule has 3 aliphatic rings. The van der Waals surface area contributed by atoms with Gasteiger partial charge in [-0.05, 0) is 38.0 Å². The number of benzene rings is 1. The second-order valence-electron chi connectivity index (χ2n) is 6.11. The number of hydrogen-bond donors (Lipinski definition) is 2. The van der Waals surface area contributed by atoms with Crippen molar-refractivity contribution in [1.29, 1.82) is 0 Å². The number of aliphatic imine (C=N–C) groups is 1. The van der Waals surface area contributed by atoms with Crippen LogP contribution in [0.4, 0.5) is 0 Å². The molecule has 1 saturated heterocycles. The number of rotatable bonds is 0. The average molecular weight is 290 g/mol. The maximum absolute atomic E-state index is 9.84. The Morgan fingerprint density at radius 3 is 3.05 bits per heavy atom. The van der Waals surface area contributed by atoms with Gasteiger partial charge in [0.05, 0.1) is 0 Å². The van der Waals surface area contributed by atoms with E-state index in [-0.39, 0.29) is 17.9 Å². The van der Waals surface area contributed by atoms with Gasteiger partial charge in [0.2, 0.25) is 0 Å². The summed E-state index contributed by atoms with van der Waals surface area (Å²) < 4.78 is 17.7. The Balaban J connectivity index is 1.95. The first kappa shape index (κ1) is 12.8. The number of phenolic OH excluding ortho intramolecular Hbond substituents is 1. The van der Waals surface area contributed by atoms with Crippen LogP contribution in [0, 0.1) is 0 Å². The zero-order valence-corrected chi connectivity index (χ0v) is 11.8. The SMILES string of the molecule is CC12CCCOC1C1(COC(N)=N1)c1cc(O)ccc1O2. The molecule has 6 heteroatoms. The second kappa shape index (κ2) is 4.04. The Kier molecular flexibility index (Phi) is 2.45. The van der Waals surface area contributed by atoms with Crippen molar-refractivity contribution in [2.45, 2.75) is 37.0 Å². The van der Waals surface area contributed by atoms with Gasteiger partial charge in [0.1, 0.15) is 29.8 Å². The third-order valence-corrected chi connectivity index (χ3v) is 4.61. The molecule has 6 nitrogen and oxygen atoms in total. The van der Waals surface area contributed by atoms with Crippen LogP contribution in [0.25, 0.3) is 0 Å². The Hall–Kier alpha value is -1.95. The number of hydrogen-bond acceptors (Lipinski definition) is 6. The molecule has 4 rings (SSSR count). The first-order valence-electron chi connectivity index (χ1n) is 7.16. The minimum Gasteiger partial charge on any atom is -0.508 e. The van der Waals surface area contributed by atoms with Crippen LogP contribution in [0.3, 0.4) is 0 Å². The summed E-state index contributed by atoms with van der Waals surface area (Å²) >= 11 is 0. The van der Waals surface area contributed by atoms with E-state index < -0.39 is 11.1 Å². The van der Waals surface area contributed by atoms with E-state index in [9.17, 15) is 5.11 Å². The van der Waals surface area contributed by atoms with Crippen LogP contribution in [0.5, 0.6) is 11.5 Å². The Morgan fingerprint density at radius 2 is 2.29 bits per heavy atom. The van der Waals surface area contributed by atoms with Crippen LogP contribution in [0.1, 0.15) is 25.3 Å². The quantitative estimate of drug-likeness (QED) is 0.751. The molecular formula is C15H18N2O4. The third kappa shape index (κ3) is 1.65. The summed E-state index contributed by atoms with van der Waals surface area (Å²) in [4.78, 5) is 4.55. The van der Waals surface area contributed by atoms with E-state index in [1.165, 1.54) is 0 Å². The fraction of sp³-hybridized carbons (Fsp3) is 0.533. The molecule has 3 aliphatic heterocycles. The zero-order valence-electron chi connectivity index (χ0n) is 11.8. The summed E-state index contributed by atoms with van der Waals surface area (Å²) in [6.07, 6.45) is 1.54. The molecule has 1 fully saturated rings. The van der Waals surface area contributed by atoms with Crippen molar-refractivity contribution in [3.05, 3.63) is 23.8 Å². The minimum absolute atomic E-state index is 0.155. The van der Waals surface area contributed by atoms with Gasteiger partial charge in [-0.2, -0.15) is 0 Å². The smallest absolute Gasteiger partial charge is 0.283 e. The largest absolute Gasteiger partial charge is 0.508 e. The maximum atomic E-state index is 9.84. The van der Waals surface area contributed by atoms with E-state index in [4.69, 9.17) is 19.9 Å². The lowest BCUT2D eigenvalue weighted by Gasteiger charge is -2.51. The van der Waals surface area contributed by atoms with Gasteiger partial charge in [0, 0.05) is 12.2 Å². The van der Waals surface area contributed by atoms with Gasteiger partial charge in [0.15, 0.2) is 5.54 Å². The highest BCUT2D eigenvalue weighted by atomic mass is 16.6. The van der Waals surface area contributed by atoms with Gasteiger partial charge in [-0.15, -0.1) is 0 Å². The molecule has 3 atom stereocenters. The molecule has 112 valence electrons. The van der Waals surface area contributed by atoms with E-state index in [1.807, 2.05) is 6.92 Å². The van der Waals surface area contributed by atoms with Gasteiger partial charge in [-0.1, -0.05) is 0 Å². The molecule has 0 aromatic heterocycles. The van der Waals surface area contributed by atoms with E-state index in [1.54, 1.807) is 18.2 Å². The molecular weight excluding hydrogens is 272 g/mol. The molecule has 0 saturated carbocycles. The van der Waals surface area contributed by atoms with Crippen molar-refractivity contribution in [2.75, 3.05) is 13.2 Å². The third-order valence-electron chi connectivity index (χ3n) is 4.61. The molecule has 3 unspecified atom stereocenters. The first-order valence-corrected chi connectivity index (χ1v) is 7.16. The predicted octanol–water partition coefficient (Wildman–Crippen LogP) is 1.26. The highest BCUT2D eigenvalue weighted by Crippen LogP contribution is 2.52. The molecule has 1 aromatic rings. The van der Waals surface area contributed by atoms with Crippen molar-refractivity contribution in [3.8, 4) is 11.5 Å². The lowest BCUT2D eigenvalue weighted by molar-refractivity contribution is -0.167. The first-order chi connectivity index (χ1) is 10.0. The maximum Gasteiger partial charge on any atom is 0.283 e. The van der Waals surface area contributed by atoms with Crippen molar-refractivity contribution < 1.29 is 19.3 Å². The summed E-state index contributed by atoms with van der Waals surface area (Å²) in [5.74, 6) is 0.871. The molecule has 3 N–H and O–H groups in total. The van der Waals surface area contributed by atoms with Crippen molar-refractivity contribution >= 4 is 6.02 Å². The highest BCUT2D eigenvalue weighted by Gasteiger charge is 2.60. The molecule has 0 aliphatic carbocycles. The fourth-order valence-corrected chi connectivity index (χ4v) is 3.73. The van der Waals surface area contributed by atoms with Gasteiger partial charge < -0.3 is 25.1 Å². The number of nitrogens with zero attached hydrogens (tertiary/aromatic N) is 1. The van der Waals surface area contributed by atoms with E-state index in [0.717, 1.165) is 18.4 Å². The van der Waals surface area contributed by atoms with E-state index in [2.05, 4.69) is 4.99 Å². The fourth-order valence-electron chi connectivity index (χ4n) is 3.73.